The number of carbonyl (C=O) groups is 1. The van der Waals surface area contributed by atoms with E-state index in [2.05, 4.69) is 5.32 Å². The Labute approximate surface area is 177 Å². The molecule has 2 rings (SSSR count). The highest BCUT2D eigenvalue weighted by Gasteiger charge is 2.23. The fourth-order valence-electron chi connectivity index (χ4n) is 3.05. The van der Waals surface area contributed by atoms with Gasteiger partial charge in [0.15, 0.2) is 0 Å². The molecule has 1 N–H and O–H groups in total. The van der Waals surface area contributed by atoms with Crippen LogP contribution >= 0.6 is 11.6 Å². The third kappa shape index (κ3) is 5.87. The molecule has 0 spiro atoms. The molecule has 0 unspecified atom stereocenters. The van der Waals surface area contributed by atoms with Gasteiger partial charge in [0, 0.05) is 5.02 Å². The Bertz CT molecular complexity index is 992. The van der Waals surface area contributed by atoms with Crippen molar-refractivity contribution in [2.24, 2.45) is 0 Å². The molecule has 0 fully saturated rings. The summed E-state index contributed by atoms with van der Waals surface area (Å²) in [5.41, 5.74) is 3.08. The van der Waals surface area contributed by atoms with Gasteiger partial charge in [-0.25, -0.2) is 8.42 Å². The van der Waals surface area contributed by atoms with Crippen LogP contribution in [0, 0.1) is 13.8 Å². The number of hydrogen-bond donors (Lipinski definition) is 1. The van der Waals surface area contributed by atoms with Crippen LogP contribution in [0.3, 0.4) is 0 Å². The number of sulfonamides is 1. The molecule has 1 amide bonds. The number of hydrogen-bond acceptors (Lipinski definition) is 4. The Morgan fingerprint density at radius 1 is 1.17 bits per heavy atom. The van der Waals surface area contributed by atoms with E-state index in [9.17, 15) is 13.2 Å². The predicted octanol–water partition coefficient (Wildman–Crippen LogP) is 4.00. The summed E-state index contributed by atoms with van der Waals surface area (Å²) in [6.07, 6.45) is 1.73. The second-order valence-electron chi connectivity index (χ2n) is 6.96. The van der Waals surface area contributed by atoms with Crippen LogP contribution in [0.4, 0.5) is 5.69 Å². The van der Waals surface area contributed by atoms with E-state index >= 15 is 0 Å². The molecule has 2 aromatic rings. The van der Waals surface area contributed by atoms with Crippen molar-refractivity contribution < 1.29 is 17.9 Å². The zero-order valence-electron chi connectivity index (χ0n) is 17.3. The number of carbonyl (C=O) groups excluding carboxylic acids is 1. The monoisotopic (exact) mass is 438 g/mol. The first-order chi connectivity index (χ1) is 13.6. The maximum absolute atomic E-state index is 12.7. The SMILES string of the molecule is CC[C@H](NC(=O)CN(c1ccc(C)c(Cl)c1)S(C)(=O)=O)c1ccc(OC)c(C)c1. The summed E-state index contributed by atoms with van der Waals surface area (Å²) >= 11 is 6.14. The van der Waals surface area contributed by atoms with Crippen LogP contribution in [0.1, 0.15) is 36.1 Å². The Morgan fingerprint density at radius 3 is 2.38 bits per heavy atom. The zero-order chi connectivity index (χ0) is 21.8. The van der Waals surface area contributed by atoms with Gasteiger partial charge in [-0.1, -0.05) is 36.7 Å². The Morgan fingerprint density at radius 2 is 1.86 bits per heavy atom. The molecular weight excluding hydrogens is 412 g/mol. The summed E-state index contributed by atoms with van der Waals surface area (Å²) in [6, 6.07) is 10.4. The number of nitrogens with one attached hydrogen (secondary N) is 1. The number of rotatable bonds is 8. The lowest BCUT2D eigenvalue weighted by atomic mass is 10.0. The van der Waals surface area contributed by atoms with Crippen LogP contribution in [0.15, 0.2) is 36.4 Å². The Hall–Kier alpha value is -2.25. The summed E-state index contributed by atoms with van der Waals surface area (Å²) in [5.74, 6) is 0.377. The van der Waals surface area contributed by atoms with Crippen molar-refractivity contribution >= 4 is 33.2 Å². The number of halogens is 1. The molecule has 0 saturated heterocycles. The molecule has 0 aliphatic carbocycles. The van der Waals surface area contributed by atoms with Gasteiger partial charge in [-0.05, 0) is 55.2 Å². The van der Waals surface area contributed by atoms with Gasteiger partial charge in [-0.2, -0.15) is 0 Å². The fourth-order valence-corrected chi connectivity index (χ4v) is 4.07. The summed E-state index contributed by atoms with van der Waals surface area (Å²) in [5, 5.41) is 3.37. The second kappa shape index (κ2) is 9.50. The zero-order valence-corrected chi connectivity index (χ0v) is 18.9. The smallest absolute Gasteiger partial charge is 0.241 e. The highest BCUT2D eigenvalue weighted by Crippen LogP contribution is 2.26. The van der Waals surface area contributed by atoms with E-state index in [0.717, 1.165) is 33.0 Å². The normalized spacial score (nSPS) is 12.3. The van der Waals surface area contributed by atoms with Crippen molar-refractivity contribution in [2.75, 3.05) is 24.2 Å². The first-order valence-electron chi connectivity index (χ1n) is 9.24. The van der Waals surface area contributed by atoms with Gasteiger partial charge in [0.05, 0.1) is 25.1 Å². The maximum atomic E-state index is 12.7. The molecule has 0 aromatic heterocycles. The number of methoxy groups -OCH3 is 1. The summed E-state index contributed by atoms with van der Waals surface area (Å²) in [6.45, 7) is 5.39. The average molecular weight is 439 g/mol. The number of ether oxygens (including phenoxy) is 1. The van der Waals surface area contributed by atoms with Crippen molar-refractivity contribution in [1.29, 1.82) is 0 Å². The van der Waals surface area contributed by atoms with Gasteiger partial charge in [0.1, 0.15) is 12.3 Å². The maximum Gasteiger partial charge on any atom is 0.241 e. The van der Waals surface area contributed by atoms with Crippen LogP contribution < -0.4 is 14.4 Å². The Balaban J connectivity index is 2.22. The van der Waals surface area contributed by atoms with E-state index in [0.29, 0.717) is 17.1 Å². The van der Waals surface area contributed by atoms with Crippen molar-refractivity contribution in [3.05, 3.63) is 58.1 Å². The van der Waals surface area contributed by atoms with E-state index in [4.69, 9.17) is 16.3 Å². The number of amides is 1. The quantitative estimate of drug-likeness (QED) is 0.675. The van der Waals surface area contributed by atoms with Crippen LogP contribution in [0.5, 0.6) is 5.75 Å². The standard InChI is InChI=1S/C21H27ClN2O4S/c1-6-19(16-8-10-20(28-4)15(3)11-16)23-21(25)13-24(29(5,26)27)17-9-7-14(2)18(22)12-17/h7-12,19H,6,13H2,1-5H3,(H,23,25)/t19-/m0/s1. The molecule has 0 saturated carbocycles. The minimum absolute atomic E-state index is 0.241. The molecule has 29 heavy (non-hydrogen) atoms. The highest BCUT2D eigenvalue weighted by atomic mass is 35.5. The third-order valence-corrected chi connectivity index (χ3v) is 6.24. The number of nitrogens with zero attached hydrogens (tertiary/aromatic N) is 1. The lowest BCUT2D eigenvalue weighted by Gasteiger charge is -2.24. The van der Waals surface area contributed by atoms with Gasteiger partial charge >= 0.3 is 0 Å². The molecule has 158 valence electrons. The largest absolute Gasteiger partial charge is 0.496 e. The molecule has 0 heterocycles. The van der Waals surface area contributed by atoms with Crippen molar-refractivity contribution in [3.63, 3.8) is 0 Å². The van der Waals surface area contributed by atoms with Gasteiger partial charge in [0.2, 0.25) is 15.9 Å². The van der Waals surface area contributed by atoms with E-state index < -0.39 is 15.9 Å². The fraction of sp³-hybridized carbons (Fsp3) is 0.381. The first-order valence-corrected chi connectivity index (χ1v) is 11.5. The van der Waals surface area contributed by atoms with Crippen LogP contribution in [-0.2, 0) is 14.8 Å². The van der Waals surface area contributed by atoms with Gasteiger partial charge in [0.25, 0.3) is 0 Å². The molecule has 8 heteroatoms. The topological polar surface area (TPSA) is 75.7 Å². The third-order valence-electron chi connectivity index (χ3n) is 4.70. The van der Waals surface area contributed by atoms with E-state index in [1.54, 1.807) is 25.3 Å². The van der Waals surface area contributed by atoms with Crippen LogP contribution in [0.25, 0.3) is 0 Å². The van der Waals surface area contributed by atoms with E-state index in [1.165, 1.54) is 0 Å². The minimum atomic E-state index is -3.67. The van der Waals surface area contributed by atoms with Crippen LogP contribution in [-0.4, -0.2) is 34.2 Å². The first kappa shape index (κ1) is 23.0. The molecule has 0 aliphatic heterocycles. The summed E-state index contributed by atoms with van der Waals surface area (Å²) < 4.78 is 30.9. The number of anilines is 1. The molecule has 0 bridgehead atoms. The molecule has 0 aliphatic rings. The second-order valence-corrected chi connectivity index (χ2v) is 9.27. The predicted molar refractivity (Wildman–Crippen MR) is 117 cm³/mol. The van der Waals surface area contributed by atoms with E-state index in [-0.39, 0.29) is 12.6 Å². The van der Waals surface area contributed by atoms with Crippen molar-refractivity contribution in [2.45, 2.75) is 33.2 Å². The van der Waals surface area contributed by atoms with Crippen LogP contribution in [0.2, 0.25) is 5.02 Å². The van der Waals surface area contributed by atoms with Gasteiger partial charge in [-0.15, -0.1) is 0 Å². The molecule has 6 nitrogen and oxygen atoms in total. The molecular formula is C21H27ClN2O4S. The summed E-state index contributed by atoms with van der Waals surface area (Å²) in [7, 11) is -2.06. The van der Waals surface area contributed by atoms with Gasteiger partial charge < -0.3 is 10.1 Å². The molecule has 2 aromatic carbocycles. The number of aryl methyl sites for hydroxylation is 2. The Kier molecular flexibility index (Phi) is 7.54. The van der Waals surface area contributed by atoms with Crippen molar-refractivity contribution in [3.8, 4) is 5.75 Å². The number of benzene rings is 2. The molecule has 0 radical (unpaired) electrons. The highest BCUT2D eigenvalue weighted by molar-refractivity contribution is 7.92. The van der Waals surface area contributed by atoms with E-state index in [1.807, 2.05) is 39.0 Å². The van der Waals surface area contributed by atoms with Gasteiger partial charge in [-0.3, -0.25) is 9.10 Å². The van der Waals surface area contributed by atoms with Crippen molar-refractivity contribution in [1.82, 2.24) is 5.32 Å². The molecule has 1 atom stereocenters. The minimum Gasteiger partial charge on any atom is -0.496 e. The lowest BCUT2D eigenvalue weighted by molar-refractivity contribution is -0.120. The summed E-state index contributed by atoms with van der Waals surface area (Å²) in [4.78, 5) is 12.7. The average Bonchev–Trinajstić information content (AvgIpc) is 2.65. The lowest BCUT2D eigenvalue weighted by Crippen LogP contribution is -2.41.